The van der Waals surface area contributed by atoms with Crippen molar-refractivity contribution in [1.29, 1.82) is 0 Å². The normalized spacial score (nSPS) is 18.0. The number of amides is 2. The molecule has 0 unspecified atom stereocenters. The minimum atomic E-state index is -2.44. The van der Waals surface area contributed by atoms with Crippen LogP contribution in [0.5, 0.6) is 11.5 Å². The maximum Gasteiger partial charge on any atom is 0.416 e. The minimum Gasteiger partial charge on any atom is -0.496 e. The summed E-state index contributed by atoms with van der Waals surface area (Å²) < 4.78 is 24.3. The summed E-state index contributed by atoms with van der Waals surface area (Å²) in [7, 11) is 0.800. The summed E-state index contributed by atoms with van der Waals surface area (Å²) >= 11 is 0. The number of nitrogens with zero attached hydrogens (tertiary/aromatic N) is 1. The third-order valence-corrected chi connectivity index (χ3v) is 12.8. The van der Waals surface area contributed by atoms with Crippen molar-refractivity contribution in [2.45, 2.75) is 98.5 Å². The number of imide groups is 1. The number of cyclic esters (lactones) is 1. The molecule has 2 amide bonds. The van der Waals surface area contributed by atoms with Crippen molar-refractivity contribution in [1.82, 2.24) is 4.90 Å². The number of aliphatic hydroxyl groups excluding tert-OH is 1. The highest BCUT2D eigenvalue weighted by molar-refractivity contribution is 6.74. The average molecular weight is 552 g/mol. The number of carbonyl (C=O) groups excluding carboxylic acids is 2. The molecule has 0 bridgehead atoms. The van der Waals surface area contributed by atoms with Crippen LogP contribution in [0.25, 0.3) is 0 Å². The van der Waals surface area contributed by atoms with Gasteiger partial charge in [-0.2, -0.15) is 0 Å². The van der Waals surface area contributed by atoms with Crippen LogP contribution >= 0.6 is 0 Å². The molecule has 1 aliphatic rings. The first kappa shape index (κ1) is 32.1. The molecule has 216 valence electrons. The minimum absolute atomic E-state index is 0.0497. The van der Waals surface area contributed by atoms with Gasteiger partial charge in [-0.1, -0.05) is 48.5 Å². The Kier molecular flexibility index (Phi) is 10.5. The van der Waals surface area contributed by atoms with Crippen LogP contribution in [0.1, 0.15) is 76.8 Å². The van der Waals surface area contributed by atoms with Crippen molar-refractivity contribution in [2.24, 2.45) is 11.8 Å². The SMILES string of the molecule is CCc1c(OC)c(C)c(CCO)c(OC)c1[C@@H](O[Si](C)(C)C(C)(C)C)[C@H](C)C(=O)N1C(=O)OC[C@@H]1C(C)C. The zero-order valence-electron chi connectivity index (χ0n) is 25.5. The molecule has 2 rings (SSSR count). The lowest BCUT2D eigenvalue weighted by Crippen LogP contribution is -2.48. The van der Waals surface area contributed by atoms with Gasteiger partial charge in [0, 0.05) is 23.3 Å². The van der Waals surface area contributed by atoms with Gasteiger partial charge in [0.2, 0.25) is 5.91 Å². The molecule has 1 N–H and O–H groups in total. The van der Waals surface area contributed by atoms with Crippen molar-refractivity contribution < 1.29 is 33.3 Å². The van der Waals surface area contributed by atoms with E-state index in [2.05, 4.69) is 33.9 Å². The van der Waals surface area contributed by atoms with Gasteiger partial charge in [-0.05, 0) is 49.4 Å². The molecule has 1 aliphatic heterocycles. The fourth-order valence-corrected chi connectivity index (χ4v) is 6.27. The number of hydrogen-bond donors (Lipinski definition) is 1. The molecule has 3 atom stereocenters. The Labute approximate surface area is 230 Å². The van der Waals surface area contributed by atoms with Gasteiger partial charge in [-0.3, -0.25) is 4.79 Å². The predicted octanol–water partition coefficient (Wildman–Crippen LogP) is 5.81. The highest BCUT2D eigenvalue weighted by atomic mass is 28.4. The van der Waals surface area contributed by atoms with E-state index < -0.39 is 26.4 Å². The van der Waals surface area contributed by atoms with Crippen molar-refractivity contribution in [2.75, 3.05) is 27.4 Å². The number of benzene rings is 1. The summed E-state index contributed by atoms with van der Waals surface area (Å²) in [5.41, 5.74) is 3.37. The van der Waals surface area contributed by atoms with Crippen LogP contribution in [0.4, 0.5) is 4.79 Å². The van der Waals surface area contributed by atoms with Gasteiger partial charge in [0.25, 0.3) is 0 Å². The number of methoxy groups -OCH3 is 2. The number of aliphatic hydroxyl groups is 1. The molecule has 0 aliphatic carbocycles. The Morgan fingerprint density at radius 2 is 1.71 bits per heavy atom. The first-order valence-electron chi connectivity index (χ1n) is 13.6. The maximum absolute atomic E-state index is 14.1. The molecule has 1 saturated heterocycles. The van der Waals surface area contributed by atoms with Crippen molar-refractivity contribution in [3.8, 4) is 11.5 Å². The summed E-state index contributed by atoms with van der Waals surface area (Å²) in [5, 5.41) is 9.76. The highest BCUT2D eigenvalue weighted by Gasteiger charge is 2.47. The van der Waals surface area contributed by atoms with Crippen LogP contribution in [0.3, 0.4) is 0 Å². The van der Waals surface area contributed by atoms with E-state index in [1.54, 1.807) is 14.2 Å². The van der Waals surface area contributed by atoms with Crippen molar-refractivity contribution in [3.05, 3.63) is 22.3 Å². The summed E-state index contributed by atoms with van der Waals surface area (Å²) in [4.78, 5) is 28.1. The van der Waals surface area contributed by atoms with Gasteiger partial charge in [-0.15, -0.1) is 0 Å². The van der Waals surface area contributed by atoms with E-state index in [-0.39, 0.29) is 36.1 Å². The van der Waals surface area contributed by atoms with Crippen LogP contribution in [0, 0.1) is 18.8 Å². The standard InChI is InChI=1S/C29H49NO7Si/c1-13-20-23(26(35-10)21(14-15-31)18(4)24(20)34-9)25(37-38(11,12)29(6,7)8)19(5)27(32)30-22(17(2)3)16-36-28(30)33/h17,19,22,25,31H,13-16H2,1-12H3/t19-,22+,25-/m0/s1. The molecule has 1 heterocycles. The van der Waals surface area contributed by atoms with Gasteiger partial charge in [-0.25, -0.2) is 9.69 Å². The molecule has 0 aromatic heterocycles. The summed E-state index contributed by atoms with van der Waals surface area (Å²) in [5.74, 6) is 0.304. The second-order valence-electron chi connectivity index (χ2n) is 12.1. The van der Waals surface area contributed by atoms with Crippen LogP contribution in [-0.2, 0) is 26.8 Å². The number of hydrogen-bond acceptors (Lipinski definition) is 7. The molecule has 0 saturated carbocycles. The van der Waals surface area contributed by atoms with Crippen molar-refractivity contribution in [3.63, 3.8) is 0 Å². The Bertz CT molecular complexity index is 1020. The first-order chi connectivity index (χ1) is 17.6. The van der Waals surface area contributed by atoms with Crippen LogP contribution in [0.15, 0.2) is 0 Å². The molecule has 1 aromatic carbocycles. The van der Waals surface area contributed by atoms with Crippen molar-refractivity contribution >= 4 is 20.3 Å². The second-order valence-corrected chi connectivity index (χ2v) is 16.8. The van der Waals surface area contributed by atoms with E-state index in [1.165, 1.54) is 4.90 Å². The van der Waals surface area contributed by atoms with E-state index in [4.69, 9.17) is 18.6 Å². The zero-order chi connectivity index (χ0) is 29.2. The Morgan fingerprint density at radius 3 is 2.16 bits per heavy atom. The second kappa shape index (κ2) is 12.4. The molecule has 38 heavy (non-hydrogen) atoms. The summed E-state index contributed by atoms with van der Waals surface area (Å²) in [6.45, 7) is 20.6. The van der Waals surface area contributed by atoms with Gasteiger partial charge in [0.05, 0.1) is 32.3 Å². The molecule has 1 fully saturated rings. The summed E-state index contributed by atoms with van der Waals surface area (Å²) in [6.07, 6.45) is -0.336. The smallest absolute Gasteiger partial charge is 0.416 e. The molecule has 0 spiro atoms. The third kappa shape index (κ3) is 6.05. The largest absolute Gasteiger partial charge is 0.496 e. The van der Waals surface area contributed by atoms with Gasteiger partial charge >= 0.3 is 6.09 Å². The predicted molar refractivity (Wildman–Crippen MR) is 151 cm³/mol. The summed E-state index contributed by atoms with van der Waals surface area (Å²) in [6, 6.07) is -0.337. The number of carbonyl (C=O) groups is 2. The molecule has 0 radical (unpaired) electrons. The topological polar surface area (TPSA) is 94.5 Å². The molecule has 1 aromatic rings. The van der Waals surface area contributed by atoms with E-state index in [1.807, 2.05) is 34.6 Å². The van der Waals surface area contributed by atoms with Crippen LogP contribution in [0.2, 0.25) is 18.1 Å². The monoisotopic (exact) mass is 551 g/mol. The van der Waals surface area contributed by atoms with Gasteiger partial charge in [0.1, 0.15) is 18.1 Å². The van der Waals surface area contributed by atoms with E-state index in [0.717, 1.165) is 22.3 Å². The Balaban J connectivity index is 2.88. The lowest BCUT2D eigenvalue weighted by atomic mass is 9.85. The quantitative estimate of drug-likeness (QED) is 0.347. The maximum atomic E-state index is 14.1. The number of rotatable bonds is 11. The van der Waals surface area contributed by atoms with Gasteiger partial charge < -0.3 is 23.7 Å². The average Bonchev–Trinajstić information content (AvgIpc) is 3.23. The Hall–Kier alpha value is -2.10. The highest BCUT2D eigenvalue weighted by Crippen LogP contribution is 2.49. The zero-order valence-corrected chi connectivity index (χ0v) is 26.5. The third-order valence-electron chi connectivity index (χ3n) is 8.30. The van der Waals surface area contributed by atoms with Crippen LogP contribution < -0.4 is 9.47 Å². The molecule has 8 nitrogen and oxygen atoms in total. The van der Waals surface area contributed by atoms with E-state index in [0.29, 0.717) is 24.3 Å². The van der Waals surface area contributed by atoms with E-state index >= 15 is 0 Å². The lowest BCUT2D eigenvalue weighted by molar-refractivity contribution is -0.136. The fourth-order valence-electron chi connectivity index (χ4n) is 4.96. The van der Waals surface area contributed by atoms with E-state index in [9.17, 15) is 14.7 Å². The fraction of sp³-hybridized carbons (Fsp3) is 0.724. The Morgan fingerprint density at radius 1 is 1.13 bits per heavy atom. The molecule has 9 heteroatoms. The van der Waals surface area contributed by atoms with Crippen LogP contribution in [-0.4, -0.2) is 63.8 Å². The number of ether oxygens (including phenoxy) is 3. The molecular formula is C29H49NO7Si. The lowest BCUT2D eigenvalue weighted by Gasteiger charge is -2.42. The first-order valence-corrected chi connectivity index (χ1v) is 16.5. The van der Waals surface area contributed by atoms with Gasteiger partial charge in [0.15, 0.2) is 8.32 Å². The molecular weight excluding hydrogens is 502 g/mol.